The zero-order valence-corrected chi connectivity index (χ0v) is 13.8. The van der Waals surface area contributed by atoms with Crippen LogP contribution in [0.1, 0.15) is 15.9 Å². The van der Waals surface area contributed by atoms with Crippen LogP contribution >= 0.6 is 0 Å². The molecule has 0 radical (unpaired) electrons. The van der Waals surface area contributed by atoms with Gasteiger partial charge in [-0.05, 0) is 47.5 Å². The van der Waals surface area contributed by atoms with Gasteiger partial charge in [-0.1, -0.05) is 30.3 Å². The second-order valence-corrected chi connectivity index (χ2v) is 6.95. The second-order valence-electron chi connectivity index (χ2n) is 5.53. The van der Waals surface area contributed by atoms with Crippen LogP contribution in [0.25, 0.3) is 11.1 Å². The van der Waals surface area contributed by atoms with E-state index < -0.39 is 10.8 Å². The second kappa shape index (κ2) is 5.73. The molecule has 0 fully saturated rings. The molecule has 1 aliphatic rings. The van der Waals surface area contributed by atoms with Crippen molar-refractivity contribution in [3.8, 4) is 16.9 Å². The fourth-order valence-electron chi connectivity index (χ4n) is 2.92. The largest absolute Gasteiger partial charge is 0.497 e. The van der Waals surface area contributed by atoms with E-state index in [2.05, 4.69) is 0 Å². The van der Waals surface area contributed by atoms with Gasteiger partial charge in [0.25, 0.3) is 0 Å². The molecule has 3 aromatic carbocycles. The highest BCUT2D eigenvalue weighted by Crippen LogP contribution is 2.40. The molecule has 4 heteroatoms. The van der Waals surface area contributed by atoms with Crippen molar-refractivity contribution in [3.63, 3.8) is 0 Å². The van der Waals surface area contributed by atoms with Gasteiger partial charge in [-0.15, -0.1) is 0 Å². The summed E-state index contributed by atoms with van der Waals surface area (Å²) in [4.78, 5) is 14.2. The lowest BCUT2D eigenvalue weighted by Crippen LogP contribution is -2.02. The van der Waals surface area contributed by atoms with Crippen molar-refractivity contribution in [2.45, 2.75) is 9.79 Å². The van der Waals surface area contributed by atoms with Crippen LogP contribution in [0.5, 0.6) is 5.75 Å². The maximum Gasteiger partial charge on any atom is 0.193 e. The molecule has 3 aromatic rings. The molecule has 1 heterocycles. The Morgan fingerprint density at radius 2 is 1.50 bits per heavy atom. The molecule has 3 nitrogen and oxygen atoms in total. The Balaban J connectivity index is 1.74. The Morgan fingerprint density at radius 1 is 0.833 bits per heavy atom. The van der Waals surface area contributed by atoms with Crippen molar-refractivity contribution in [1.29, 1.82) is 0 Å². The lowest BCUT2D eigenvalue weighted by molar-refractivity contribution is 0.103. The lowest BCUT2D eigenvalue weighted by Gasteiger charge is -2.05. The van der Waals surface area contributed by atoms with Crippen molar-refractivity contribution >= 4 is 16.6 Å². The zero-order chi connectivity index (χ0) is 16.7. The summed E-state index contributed by atoms with van der Waals surface area (Å²) in [6.07, 6.45) is 0. The summed E-state index contributed by atoms with van der Waals surface area (Å²) in [7, 11) is 0.354. The van der Waals surface area contributed by atoms with E-state index in [0.29, 0.717) is 21.8 Å². The highest BCUT2D eigenvalue weighted by atomic mass is 32.2. The Morgan fingerprint density at radius 3 is 2.25 bits per heavy atom. The summed E-state index contributed by atoms with van der Waals surface area (Å²) in [5, 5.41) is 0. The summed E-state index contributed by atoms with van der Waals surface area (Å²) in [6, 6.07) is 20.1. The van der Waals surface area contributed by atoms with E-state index in [1.54, 1.807) is 43.5 Å². The molecule has 1 aliphatic heterocycles. The van der Waals surface area contributed by atoms with Gasteiger partial charge in [0.1, 0.15) is 5.75 Å². The molecule has 24 heavy (non-hydrogen) atoms. The summed E-state index contributed by atoms with van der Waals surface area (Å²) >= 11 is 0. The summed E-state index contributed by atoms with van der Waals surface area (Å²) < 4.78 is 17.8. The van der Waals surface area contributed by atoms with Crippen molar-refractivity contribution in [2.24, 2.45) is 0 Å². The summed E-state index contributed by atoms with van der Waals surface area (Å²) in [5.74, 6) is 0.616. The van der Waals surface area contributed by atoms with Crippen molar-refractivity contribution in [2.75, 3.05) is 7.11 Å². The Labute approximate surface area is 142 Å². The van der Waals surface area contributed by atoms with Gasteiger partial charge in [-0.3, -0.25) is 4.79 Å². The molecule has 0 bridgehead atoms. The van der Waals surface area contributed by atoms with Gasteiger partial charge < -0.3 is 4.74 Å². The SMILES string of the molecule is COc1ccc(C(=O)c2ccc3c(c2)S(=O)c2ccccc2-3)cc1. The molecule has 4 rings (SSSR count). The molecule has 1 atom stereocenters. The number of rotatable bonds is 3. The third-order valence-corrected chi connectivity index (χ3v) is 5.67. The van der Waals surface area contributed by atoms with Crippen molar-refractivity contribution in [3.05, 3.63) is 77.9 Å². The van der Waals surface area contributed by atoms with Crippen LogP contribution in [0.4, 0.5) is 0 Å². The van der Waals surface area contributed by atoms with E-state index in [0.717, 1.165) is 16.0 Å². The molecule has 118 valence electrons. The fourth-order valence-corrected chi connectivity index (χ4v) is 4.35. The van der Waals surface area contributed by atoms with E-state index in [9.17, 15) is 9.00 Å². The molecule has 0 saturated carbocycles. The number of carbonyl (C=O) groups is 1. The van der Waals surface area contributed by atoms with Gasteiger partial charge in [0.2, 0.25) is 0 Å². The zero-order valence-electron chi connectivity index (χ0n) is 13.0. The molecule has 0 saturated heterocycles. The first-order valence-electron chi connectivity index (χ1n) is 7.53. The highest BCUT2D eigenvalue weighted by molar-refractivity contribution is 7.85. The third kappa shape index (κ3) is 2.27. The number of hydrogen-bond donors (Lipinski definition) is 0. The number of hydrogen-bond acceptors (Lipinski definition) is 3. The quantitative estimate of drug-likeness (QED) is 0.530. The van der Waals surface area contributed by atoms with E-state index in [1.807, 2.05) is 30.3 Å². The van der Waals surface area contributed by atoms with Crippen LogP contribution in [-0.4, -0.2) is 17.1 Å². The van der Waals surface area contributed by atoms with E-state index in [1.165, 1.54) is 0 Å². The van der Waals surface area contributed by atoms with Crippen LogP contribution < -0.4 is 4.74 Å². The number of methoxy groups -OCH3 is 1. The van der Waals surface area contributed by atoms with Crippen molar-refractivity contribution in [1.82, 2.24) is 0 Å². The van der Waals surface area contributed by atoms with Gasteiger partial charge in [-0.25, -0.2) is 4.21 Å². The van der Waals surface area contributed by atoms with E-state index in [-0.39, 0.29) is 5.78 Å². The van der Waals surface area contributed by atoms with Crippen LogP contribution in [0, 0.1) is 0 Å². The Hall–Kier alpha value is -2.72. The minimum Gasteiger partial charge on any atom is -0.497 e. The average molecular weight is 334 g/mol. The molecule has 0 aliphatic carbocycles. The number of carbonyl (C=O) groups excluding carboxylic acids is 1. The monoisotopic (exact) mass is 334 g/mol. The number of ether oxygens (including phenoxy) is 1. The van der Waals surface area contributed by atoms with Gasteiger partial charge >= 0.3 is 0 Å². The maximum absolute atomic E-state index is 12.7. The Kier molecular flexibility index (Phi) is 3.54. The van der Waals surface area contributed by atoms with Crippen LogP contribution in [0.2, 0.25) is 0 Å². The van der Waals surface area contributed by atoms with E-state index in [4.69, 9.17) is 4.74 Å². The predicted octanol–water partition coefficient (Wildman–Crippen LogP) is 4.07. The third-order valence-electron chi connectivity index (χ3n) is 4.17. The first-order chi connectivity index (χ1) is 11.7. The van der Waals surface area contributed by atoms with Gasteiger partial charge in [-0.2, -0.15) is 0 Å². The van der Waals surface area contributed by atoms with Crippen LogP contribution in [-0.2, 0) is 10.8 Å². The van der Waals surface area contributed by atoms with Crippen LogP contribution in [0.3, 0.4) is 0 Å². The molecule has 0 amide bonds. The molecular weight excluding hydrogens is 320 g/mol. The molecular formula is C20H14O3S. The summed E-state index contributed by atoms with van der Waals surface area (Å²) in [5.41, 5.74) is 3.04. The van der Waals surface area contributed by atoms with E-state index >= 15 is 0 Å². The maximum atomic E-state index is 12.7. The smallest absolute Gasteiger partial charge is 0.193 e. The average Bonchev–Trinajstić information content (AvgIpc) is 2.94. The normalized spacial score (nSPS) is 14.8. The highest BCUT2D eigenvalue weighted by Gasteiger charge is 2.26. The number of fused-ring (bicyclic) bond motifs is 3. The van der Waals surface area contributed by atoms with Crippen molar-refractivity contribution < 1.29 is 13.7 Å². The predicted molar refractivity (Wildman–Crippen MR) is 93.0 cm³/mol. The first kappa shape index (κ1) is 14.8. The van der Waals surface area contributed by atoms with Gasteiger partial charge in [0.05, 0.1) is 27.7 Å². The standard InChI is InChI=1S/C20H14O3S/c1-23-15-9-6-13(7-10-15)20(21)14-8-11-17-16-4-2-3-5-18(16)24(22)19(17)12-14/h2-12H,1H3. The molecule has 0 spiro atoms. The van der Waals surface area contributed by atoms with Crippen LogP contribution in [0.15, 0.2) is 76.5 Å². The fraction of sp³-hybridized carbons (Fsp3) is 0.0500. The number of ketones is 1. The van der Waals surface area contributed by atoms with Gasteiger partial charge in [0, 0.05) is 11.1 Å². The molecule has 0 N–H and O–H groups in total. The Bertz CT molecular complexity index is 974. The lowest BCUT2D eigenvalue weighted by atomic mass is 9.99. The molecule has 0 aromatic heterocycles. The molecule has 1 unspecified atom stereocenters. The summed E-state index contributed by atoms with van der Waals surface area (Å²) in [6.45, 7) is 0. The number of benzene rings is 3. The first-order valence-corrected chi connectivity index (χ1v) is 8.68. The minimum atomic E-state index is -1.23. The van der Waals surface area contributed by atoms with Gasteiger partial charge in [0.15, 0.2) is 5.78 Å². The minimum absolute atomic E-state index is 0.0894. The topological polar surface area (TPSA) is 43.4 Å².